The summed E-state index contributed by atoms with van der Waals surface area (Å²) in [7, 11) is 1.57. The van der Waals surface area contributed by atoms with E-state index < -0.39 is 0 Å². The first-order valence-corrected chi connectivity index (χ1v) is 10.7. The van der Waals surface area contributed by atoms with E-state index in [4.69, 9.17) is 25.8 Å². The Balaban J connectivity index is 1.56. The molecule has 3 aromatic carbocycles. The normalized spacial score (nSPS) is 10.4. The van der Waals surface area contributed by atoms with Crippen LogP contribution < -0.4 is 24.8 Å². The molecule has 168 valence electrons. The summed E-state index contributed by atoms with van der Waals surface area (Å²) < 4.78 is 16.6. The summed E-state index contributed by atoms with van der Waals surface area (Å²) in [5.41, 5.74) is 3.58. The molecule has 0 aliphatic carbocycles. The molecule has 0 spiro atoms. The lowest BCUT2D eigenvalue weighted by Crippen LogP contribution is -2.20. The van der Waals surface area contributed by atoms with Gasteiger partial charge in [-0.3, -0.25) is 4.79 Å². The molecule has 0 aromatic heterocycles. The second-order valence-corrected chi connectivity index (χ2v) is 7.53. The number of carbonyl (C=O) groups excluding carboxylic acids is 1. The number of rotatable bonds is 10. The van der Waals surface area contributed by atoms with Crippen molar-refractivity contribution in [3.8, 4) is 17.2 Å². The highest BCUT2D eigenvalue weighted by Gasteiger charge is 2.10. The first-order valence-electron chi connectivity index (χ1n) is 10.3. The summed E-state index contributed by atoms with van der Waals surface area (Å²) in [6.07, 6.45) is 0. The molecule has 0 atom stereocenters. The number of nitrogens with one attached hydrogen (secondary N) is 2. The van der Waals surface area contributed by atoms with Gasteiger partial charge in [-0.2, -0.15) is 0 Å². The van der Waals surface area contributed by atoms with Crippen LogP contribution >= 0.6 is 11.6 Å². The number of carbonyl (C=O) groups is 1. The number of halogens is 1. The molecule has 0 aliphatic heterocycles. The monoisotopic (exact) mass is 454 g/mol. The van der Waals surface area contributed by atoms with Crippen molar-refractivity contribution in [1.82, 2.24) is 0 Å². The van der Waals surface area contributed by atoms with Crippen molar-refractivity contribution in [2.45, 2.75) is 20.4 Å². The van der Waals surface area contributed by atoms with E-state index in [2.05, 4.69) is 10.6 Å². The Bertz CT molecular complexity index is 1050. The van der Waals surface area contributed by atoms with Gasteiger partial charge < -0.3 is 24.8 Å². The van der Waals surface area contributed by atoms with Crippen LogP contribution in [0.1, 0.15) is 18.1 Å². The Morgan fingerprint density at radius 1 is 0.969 bits per heavy atom. The second kappa shape index (κ2) is 11.3. The molecule has 3 rings (SSSR count). The Morgan fingerprint density at radius 2 is 1.75 bits per heavy atom. The summed E-state index contributed by atoms with van der Waals surface area (Å²) in [6, 6.07) is 18.8. The van der Waals surface area contributed by atoms with Crippen LogP contribution in [0.25, 0.3) is 0 Å². The Labute approximate surface area is 193 Å². The Morgan fingerprint density at radius 3 is 2.47 bits per heavy atom. The number of amides is 1. The van der Waals surface area contributed by atoms with Gasteiger partial charge in [-0.25, -0.2) is 0 Å². The summed E-state index contributed by atoms with van der Waals surface area (Å²) in [5.74, 6) is 1.62. The predicted molar refractivity (Wildman–Crippen MR) is 128 cm³/mol. The molecule has 0 unspecified atom stereocenters. The molecule has 0 heterocycles. The van der Waals surface area contributed by atoms with Crippen LogP contribution in [0.2, 0.25) is 5.02 Å². The summed E-state index contributed by atoms with van der Waals surface area (Å²) in [5, 5.41) is 6.73. The summed E-state index contributed by atoms with van der Waals surface area (Å²) in [4.78, 5) is 12.3. The average molecular weight is 455 g/mol. The van der Waals surface area contributed by atoms with E-state index in [9.17, 15) is 4.79 Å². The number of ether oxygens (including phenoxy) is 3. The third-order valence-corrected chi connectivity index (χ3v) is 4.96. The van der Waals surface area contributed by atoms with Crippen molar-refractivity contribution < 1.29 is 19.0 Å². The van der Waals surface area contributed by atoms with Crippen LogP contribution in [0.5, 0.6) is 17.2 Å². The molecule has 7 heteroatoms. The van der Waals surface area contributed by atoms with E-state index in [1.165, 1.54) is 0 Å². The summed E-state index contributed by atoms with van der Waals surface area (Å²) in [6.45, 7) is 4.96. The van der Waals surface area contributed by atoms with Gasteiger partial charge in [0.2, 0.25) is 0 Å². The van der Waals surface area contributed by atoms with E-state index in [1.807, 2.05) is 56.3 Å². The number of benzene rings is 3. The van der Waals surface area contributed by atoms with Gasteiger partial charge in [-0.15, -0.1) is 0 Å². The lowest BCUT2D eigenvalue weighted by molar-refractivity contribution is -0.118. The Kier molecular flexibility index (Phi) is 8.22. The van der Waals surface area contributed by atoms with Crippen molar-refractivity contribution in [3.05, 3.63) is 76.8 Å². The highest BCUT2D eigenvalue weighted by Crippen LogP contribution is 2.29. The SMILES string of the molecule is CCOc1ccc(NCc2ccc(OCC(=O)Nc3cc(Cl)ccc3C)c(OC)c2)cc1. The molecule has 0 fully saturated rings. The third kappa shape index (κ3) is 6.56. The maximum absolute atomic E-state index is 12.3. The first-order chi connectivity index (χ1) is 15.5. The van der Waals surface area contributed by atoms with Crippen molar-refractivity contribution in [2.75, 3.05) is 31.0 Å². The molecule has 0 bridgehead atoms. The van der Waals surface area contributed by atoms with Gasteiger partial charge in [-0.1, -0.05) is 23.7 Å². The second-order valence-electron chi connectivity index (χ2n) is 7.09. The molecule has 2 N–H and O–H groups in total. The molecule has 1 amide bonds. The molecular formula is C25H27ClN2O4. The lowest BCUT2D eigenvalue weighted by Gasteiger charge is -2.14. The van der Waals surface area contributed by atoms with E-state index in [1.54, 1.807) is 25.3 Å². The van der Waals surface area contributed by atoms with Gasteiger partial charge in [0, 0.05) is 22.9 Å². The summed E-state index contributed by atoms with van der Waals surface area (Å²) >= 11 is 6.00. The minimum absolute atomic E-state index is 0.147. The molecule has 6 nitrogen and oxygen atoms in total. The van der Waals surface area contributed by atoms with Gasteiger partial charge >= 0.3 is 0 Å². The fourth-order valence-electron chi connectivity index (χ4n) is 3.04. The van der Waals surface area contributed by atoms with Crippen molar-refractivity contribution in [2.24, 2.45) is 0 Å². The number of anilines is 2. The van der Waals surface area contributed by atoms with Crippen LogP contribution in [-0.4, -0.2) is 26.2 Å². The zero-order valence-electron chi connectivity index (χ0n) is 18.4. The standard InChI is InChI=1S/C25H27ClN2O4/c1-4-31-21-10-8-20(9-11-21)27-15-18-6-12-23(24(13-18)30-3)32-16-25(29)28-22-14-19(26)7-5-17(22)2/h5-14,27H,4,15-16H2,1-3H3,(H,28,29). The largest absolute Gasteiger partial charge is 0.494 e. The number of hydrogen-bond donors (Lipinski definition) is 2. The van der Waals surface area contributed by atoms with Crippen LogP contribution in [0.4, 0.5) is 11.4 Å². The smallest absolute Gasteiger partial charge is 0.262 e. The number of aryl methyl sites for hydroxylation is 1. The van der Waals surface area contributed by atoms with Gasteiger partial charge in [0.15, 0.2) is 18.1 Å². The molecular weight excluding hydrogens is 428 g/mol. The fraction of sp³-hybridized carbons (Fsp3) is 0.240. The maximum atomic E-state index is 12.3. The van der Waals surface area contributed by atoms with Gasteiger partial charge in [-0.05, 0) is 73.5 Å². The molecule has 0 aliphatic rings. The van der Waals surface area contributed by atoms with Crippen LogP contribution in [0.15, 0.2) is 60.7 Å². The van der Waals surface area contributed by atoms with Crippen LogP contribution in [0.3, 0.4) is 0 Å². The third-order valence-electron chi connectivity index (χ3n) is 4.72. The van der Waals surface area contributed by atoms with Gasteiger partial charge in [0.25, 0.3) is 5.91 Å². The fourth-order valence-corrected chi connectivity index (χ4v) is 3.21. The Hall–Kier alpha value is -3.38. The van der Waals surface area contributed by atoms with E-state index >= 15 is 0 Å². The number of methoxy groups -OCH3 is 1. The van der Waals surface area contributed by atoms with Gasteiger partial charge in [0.05, 0.1) is 13.7 Å². The average Bonchev–Trinajstić information content (AvgIpc) is 2.80. The number of hydrogen-bond acceptors (Lipinski definition) is 5. The van der Waals surface area contributed by atoms with E-state index in [0.717, 1.165) is 22.6 Å². The van der Waals surface area contributed by atoms with E-state index in [-0.39, 0.29) is 12.5 Å². The van der Waals surface area contributed by atoms with Crippen molar-refractivity contribution >= 4 is 28.9 Å². The zero-order chi connectivity index (χ0) is 22.9. The minimum atomic E-state index is -0.279. The van der Waals surface area contributed by atoms with E-state index in [0.29, 0.717) is 35.4 Å². The highest BCUT2D eigenvalue weighted by atomic mass is 35.5. The topological polar surface area (TPSA) is 68.8 Å². The highest BCUT2D eigenvalue weighted by molar-refractivity contribution is 6.31. The first kappa shape index (κ1) is 23.3. The van der Waals surface area contributed by atoms with Crippen molar-refractivity contribution in [3.63, 3.8) is 0 Å². The molecule has 0 radical (unpaired) electrons. The molecule has 32 heavy (non-hydrogen) atoms. The quantitative estimate of drug-likeness (QED) is 0.412. The van der Waals surface area contributed by atoms with Gasteiger partial charge in [0.1, 0.15) is 5.75 Å². The van der Waals surface area contributed by atoms with Crippen LogP contribution in [-0.2, 0) is 11.3 Å². The molecule has 0 saturated carbocycles. The maximum Gasteiger partial charge on any atom is 0.262 e. The lowest BCUT2D eigenvalue weighted by atomic mass is 10.2. The molecule has 0 saturated heterocycles. The van der Waals surface area contributed by atoms with Crippen LogP contribution in [0, 0.1) is 6.92 Å². The predicted octanol–water partition coefficient (Wildman–Crippen LogP) is 5.69. The zero-order valence-corrected chi connectivity index (χ0v) is 19.2. The van der Waals surface area contributed by atoms with Crippen molar-refractivity contribution in [1.29, 1.82) is 0 Å². The molecule has 3 aromatic rings. The minimum Gasteiger partial charge on any atom is -0.494 e.